The molecule has 0 bridgehead atoms. The number of carbonyl (C=O) groups excluding carboxylic acids is 2. The number of nitrogens with zero attached hydrogens (tertiary/aromatic N) is 1. The lowest BCUT2D eigenvalue weighted by Gasteiger charge is -2.22. The number of aromatic nitrogens is 1. The Morgan fingerprint density at radius 3 is 2.55 bits per heavy atom. The Morgan fingerprint density at radius 2 is 1.97 bits per heavy atom. The molecule has 0 saturated carbocycles. The molecule has 0 radical (unpaired) electrons. The molecule has 0 spiro atoms. The molecule has 1 aromatic carbocycles. The van der Waals surface area contributed by atoms with Gasteiger partial charge in [-0.15, -0.1) is 0 Å². The lowest BCUT2D eigenvalue weighted by Crippen LogP contribution is -2.44. The van der Waals surface area contributed by atoms with Crippen LogP contribution < -0.4 is 20.7 Å². The zero-order valence-electron chi connectivity index (χ0n) is 15.3. The Labute approximate surface area is 176 Å². The molecule has 3 atom stereocenters. The highest BCUT2D eigenvalue weighted by atomic mass is 35.5. The number of rotatable bonds is 7. The molecule has 166 valence electrons. The van der Waals surface area contributed by atoms with Crippen LogP contribution >= 0.6 is 11.6 Å². The summed E-state index contributed by atoms with van der Waals surface area (Å²) in [6.07, 6.45) is -5.26. The van der Waals surface area contributed by atoms with E-state index in [0.717, 1.165) is 24.4 Å². The van der Waals surface area contributed by atoms with Crippen LogP contribution in [0.15, 0.2) is 30.5 Å². The van der Waals surface area contributed by atoms with E-state index < -0.39 is 59.3 Å². The fourth-order valence-electron chi connectivity index (χ4n) is 2.76. The maximum atomic E-state index is 14.6. The van der Waals surface area contributed by atoms with Crippen molar-refractivity contribution < 1.29 is 36.3 Å². The number of hydrogen-bond donors (Lipinski definition) is 3. The molecule has 1 saturated heterocycles. The molecule has 1 aromatic heterocycles. The standard InChI is InChI=1S/C18H14ClF5N4O3/c19-12-9(20)3-2-8(13(12)21)14(28-17(29)10-6-26-18(30)27-10)7-1-4-11(25-5-7)31-16(24)15(22)23/h1-5,10,14-16H,6H2,(H,28,29)(H2,26,27,30)/t10?,14-,16?/m0/s1. The van der Waals surface area contributed by atoms with Crippen molar-refractivity contribution >= 4 is 23.5 Å². The van der Waals surface area contributed by atoms with E-state index >= 15 is 0 Å². The van der Waals surface area contributed by atoms with E-state index in [-0.39, 0.29) is 17.7 Å². The summed E-state index contributed by atoms with van der Waals surface area (Å²) in [5.74, 6) is -3.36. The van der Waals surface area contributed by atoms with Crippen LogP contribution in [0.4, 0.5) is 26.7 Å². The number of pyridine rings is 1. The van der Waals surface area contributed by atoms with Crippen LogP contribution in [-0.2, 0) is 4.79 Å². The summed E-state index contributed by atoms with van der Waals surface area (Å²) in [5, 5.41) is 6.41. The molecule has 1 aliphatic rings. The van der Waals surface area contributed by atoms with Crippen LogP contribution in [0.1, 0.15) is 17.2 Å². The minimum Gasteiger partial charge on any atom is -0.437 e. The van der Waals surface area contributed by atoms with Crippen LogP contribution in [-0.4, -0.2) is 42.3 Å². The van der Waals surface area contributed by atoms with Gasteiger partial charge in [0.15, 0.2) is 0 Å². The molecule has 13 heteroatoms. The van der Waals surface area contributed by atoms with E-state index in [1.165, 1.54) is 6.07 Å². The fourth-order valence-corrected chi connectivity index (χ4v) is 2.93. The normalized spacial score (nSPS) is 17.6. The summed E-state index contributed by atoms with van der Waals surface area (Å²) in [7, 11) is 0. The summed E-state index contributed by atoms with van der Waals surface area (Å²) < 4.78 is 70.2. The second kappa shape index (κ2) is 9.33. The van der Waals surface area contributed by atoms with Crippen molar-refractivity contribution in [2.75, 3.05) is 6.54 Å². The molecule has 3 N–H and O–H groups in total. The number of carbonyl (C=O) groups is 2. The zero-order valence-corrected chi connectivity index (χ0v) is 16.1. The molecule has 2 aromatic rings. The predicted octanol–water partition coefficient (Wildman–Crippen LogP) is 2.84. The van der Waals surface area contributed by atoms with Crippen molar-refractivity contribution in [3.63, 3.8) is 0 Å². The van der Waals surface area contributed by atoms with Crippen LogP contribution in [0, 0.1) is 11.6 Å². The van der Waals surface area contributed by atoms with E-state index in [2.05, 4.69) is 25.7 Å². The number of alkyl halides is 3. The molecular weight excluding hydrogens is 451 g/mol. The summed E-state index contributed by atoms with van der Waals surface area (Å²) in [5.41, 5.74) is -0.115. The molecule has 0 aliphatic carbocycles. The molecule has 3 amide bonds. The van der Waals surface area contributed by atoms with Gasteiger partial charge in [-0.2, -0.15) is 4.39 Å². The van der Waals surface area contributed by atoms with Gasteiger partial charge in [-0.1, -0.05) is 17.7 Å². The molecule has 1 fully saturated rings. The van der Waals surface area contributed by atoms with Crippen molar-refractivity contribution in [3.05, 3.63) is 58.2 Å². The van der Waals surface area contributed by atoms with E-state index in [1.54, 1.807) is 0 Å². The molecule has 2 unspecified atom stereocenters. The molecule has 1 aliphatic heterocycles. The number of ether oxygens (including phenoxy) is 1. The van der Waals surface area contributed by atoms with E-state index in [0.29, 0.717) is 0 Å². The van der Waals surface area contributed by atoms with Gasteiger partial charge >= 0.3 is 12.5 Å². The van der Waals surface area contributed by atoms with E-state index in [9.17, 15) is 31.5 Å². The van der Waals surface area contributed by atoms with Gasteiger partial charge < -0.3 is 20.7 Å². The summed E-state index contributed by atoms with van der Waals surface area (Å²) in [4.78, 5) is 27.5. The first kappa shape index (κ1) is 22.5. The highest BCUT2D eigenvalue weighted by Crippen LogP contribution is 2.30. The zero-order chi connectivity index (χ0) is 22.7. The van der Waals surface area contributed by atoms with Gasteiger partial charge in [-0.05, 0) is 17.7 Å². The largest absolute Gasteiger partial charge is 0.437 e. The average molecular weight is 465 g/mol. The number of halogens is 6. The van der Waals surface area contributed by atoms with Crippen molar-refractivity contribution in [1.29, 1.82) is 0 Å². The van der Waals surface area contributed by atoms with Crippen molar-refractivity contribution in [1.82, 2.24) is 20.9 Å². The Balaban J connectivity index is 1.91. The Morgan fingerprint density at radius 1 is 1.23 bits per heavy atom. The van der Waals surface area contributed by atoms with Crippen molar-refractivity contribution in [2.45, 2.75) is 24.9 Å². The summed E-state index contributed by atoms with van der Waals surface area (Å²) in [6, 6.07) is 1.38. The first-order chi connectivity index (χ1) is 14.7. The van der Waals surface area contributed by atoms with Gasteiger partial charge in [0.2, 0.25) is 11.8 Å². The van der Waals surface area contributed by atoms with Crippen LogP contribution in [0.2, 0.25) is 5.02 Å². The number of benzene rings is 1. The first-order valence-corrected chi connectivity index (χ1v) is 9.08. The number of urea groups is 1. The molecule has 7 nitrogen and oxygen atoms in total. The first-order valence-electron chi connectivity index (χ1n) is 8.70. The highest BCUT2D eigenvalue weighted by Gasteiger charge is 2.31. The quantitative estimate of drug-likeness (QED) is 0.434. The third kappa shape index (κ3) is 5.13. The summed E-state index contributed by atoms with van der Waals surface area (Å²) >= 11 is 5.63. The van der Waals surface area contributed by atoms with Crippen LogP contribution in [0.5, 0.6) is 5.88 Å². The maximum absolute atomic E-state index is 14.6. The lowest BCUT2D eigenvalue weighted by atomic mass is 9.99. The minimum absolute atomic E-state index is 0.0272. The van der Waals surface area contributed by atoms with Crippen LogP contribution in [0.25, 0.3) is 0 Å². The average Bonchev–Trinajstić information content (AvgIpc) is 3.18. The van der Waals surface area contributed by atoms with Gasteiger partial charge in [-0.25, -0.2) is 27.3 Å². The Kier molecular flexibility index (Phi) is 6.78. The Bertz CT molecular complexity index is 979. The maximum Gasteiger partial charge on any atom is 0.315 e. The number of amides is 3. The minimum atomic E-state index is -3.39. The highest BCUT2D eigenvalue weighted by molar-refractivity contribution is 6.31. The molecule has 31 heavy (non-hydrogen) atoms. The monoisotopic (exact) mass is 464 g/mol. The van der Waals surface area contributed by atoms with Gasteiger partial charge in [0.1, 0.15) is 22.7 Å². The third-order valence-corrected chi connectivity index (χ3v) is 4.62. The third-order valence-electron chi connectivity index (χ3n) is 4.28. The van der Waals surface area contributed by atoms with Crippen molar-refractivity contribution in [3.8, 4) is 5.88 Å². The van der Waals surface area contributed by atoms with Gasteiger partial charge in [0.25, 0.3) is 6.36 Å². The van der Waals surface area contributed by atoms with E-state index in [4.69, 9.17) is 11.6 Å². The second-order valence-corrected chi connectivity index (χ2v) is 6.72. The Hall–Kier alpha value is -3.15. The van der Waals surface area contributed by atoms with Crippen molar-refractivity contribution in [2.24, 2.45) is 0 Å². The molecule has 2 heterocycles. The smallest absolute Gasteiger partial charge is 0.315 e. The molecular formula is C18H14ClF5N4O3. The number of nitrogens with one attached hydrogen (secondary N) is 3. The predicted molar refractivity (Wildman–Crippen MR) is 97.4 cm³/mol. The number of hydrogen-bond acceptors (Lipinski definition) is 4. The van der Waals surface area contributed by atoms with Crippen LogP contribution in [0.3, 0.4) is 0 Å². The molecule has 3 rings (SSSR count). The lowest BCUT2D eigenvalue weighted by molar-refractivity contribution is -0.122. The van der Waals surface area contributed by atoms with Gasteiger partial charge in [0.05, 0.1) is 6.04 Å². The van der Waals surface area contributed by atoms with Gasteiger partial charge in [0, 0.05) is 24.4 Å². The second-order valence-electron chi connectivity index (χ2n) is 6.35. The van der Waals surface area contributed by atoms with Gasteiger partial charge in [-0.3, -0.25) is 4.79 Å². The SMILES string of the molecule is O=C1NCC(C(=O)N[C@@H](c2ccc(OC(F)C(F)F)nc2)c2ccc(F)c(Cl)c2F)N1. The summed E-state index contributed by atoms with van der Waals surface area (Å²) in [6.45, 7) is -0.0272. The fraction of sp³-hybridized carbons (Fsp3) is 0.278. The topological polar surface area (TPSA) is 92.4 Å². The van der Waals surface area contributed by atoms with E-state index in [1.807, 2.05) is 0 Å².